The fraction of sp³-hybridized carbons (Fsp3) is 0.300. The van der Waals surface area contributed by atoms with Gasteiger partial charge in [-0.05, 0) is 44.1 Å². The number of rotatable bonds is 5. The first kappa shape index (κ1) is 19.1. The lowest BCUT2D eigenvalue weighted by molar-refractivity contribution is 0.307. The molecule has 28 heavy (non-hydrogen) atoms. The molecule has 0 amide bonds. The maximum absolute atomic E-state index is 6.21. The van der Waals surface area contributed by atoms with Gasteiger partial charge >= 0.3 is 0 Å². The van der Waals surface area contributed by atoms with Crippen molar-refractivity contribution >= 4 is 29.0 Å². The van der Waals surface area contributed by atoms with Crippen LogP contribution >= 0.6 is 23.2 Å². The first-order valence-corrected chi connectivity index (χ1v) is 9.93. The predicted molar refractivity (Wildman–Crippen MR) is 112 cm³/mol. The summed E-state index contributed by atoms with van der Waals surface area (Å²) >= 11 is 12.2. The molecule has 0 atom stereocenters. The molecule has 1 fully saturated rings. The molecule has 1 aliphatic heterocycles. The standard InChI is InChI=1S/C20H21Cl2N5O/c21-16-2-1-13(18(22)8-16)12-28-19-7-14(9-25-20(19)23)15-10-26-27(11-15)17-3-5-24-6-4-17/h1-2,7-11,17,24H,3-6,12H2,(H2,23,25). The maximum Gasteiger partial charge on any atom is 0.166 e. The average molecular weight is 418 g/mol. The third-order valence-electron chi connectivity index (χ3n) is 4.90. The Morgan fingerprint density at radius 3 is 2.75 bits per heavy atom. The minimum Gasteiger partial charge on any atom is -0.485 e. The number of pyridine rings is 1. The monoisotopic (exact) mass is 417 g/mol. The van der Waals surface area contributed by atoms with Crippen molar-refractivity contribution in [2.24, 2.45) is 0 Å². The quantitative estimate of drug-likeness (QED) is 0.645. The Morgan fingerprint density at radius 1 is 1.14 bits per heavy atom. The molecule has 2 aromatic heterocycles. The Balaban J connectivity index is 1.51. The molecule has 4 rings (SSSR count). The lowest BCUT2D eigenvalue weighted by atomic mass is 10.1. The van der Waals surface area contributed by atoms with Crippen LogP contribution in [0.25, 0.3) is 11.1 Å². The van der Waals surface area contributed by atoms with Crippen LogP contribution in [0.2, 0.25) is 10.0 Å². The van der Waals surface area contributed by atoms with Gasteiger partial charge in [-0.3, -0.25) is 4.68 Å². The highest BCUT2D eigenvalue weighted by molar-refractivity contribution is 6.35. The molecule has 3 N–H and O–H groups in total. The van der Waals surface area contributed by atoms with Crippen molar-refractivity contribution in [2.45, 2.75) is 25.5 Å². The second kappa shape index (κ2) is 8.39. The van der Waals surface area contributed by atoms with E-state index in [-0.39, 0.29) is 6.61 Å². The molecule has 0 bridgehead atoms. The molecule has 0 unspecified atom stereocenters. The molecule has 1 aliphatic rings. The number of aromatic nitrogens is 3. The van der Waals surface area contributed by atoms with Crippen molar-refractivity contribution in [2.75, 3.05) is 18.8 Å². The maximum atomic E-state index is 6.21. The summed E-state index contributed by atoms with van der Waals surface area (Å²) in [5.41, 5.74) is 8.72. The van der Waals surface area contributed by atoms with E-state index in [0.29, 0.717) is 27.7 Å². The van der Waals surface area contributed by atoms with E-state index >= 15 is 0 Å². The zero-order chi connectivity index (χ0) is 19.5. The summed E-state index contributed by atoms with van der Waals surface area (Å²) in [6, 6.07) is 7.62. The number of ether oxygens (including phenoxy) is 1. The van der Waals surface area contributed by atoms with Crippen molar-refractivity contribution in [1.82, 2.24) is 20.1 Å². The first-order valence-electron chi connectivity index (χ1n) is 9.17. The van der Waals surface area contributed by atoms with Crippen molar-refractivity contribution < 1.29 is 4.74 Å². The number of nitrogens with two attached hydrogens (primary N) is 1. The molecule has 3 aromatic rings. The van der Waals surface area contributed by atoms with Crippen LogP contribution in [0.5, 0.6) is 5.75 Å². The van der Waals surface area contributed by atoms with E-state index in [4.69, 9.17) is 33.7 Å². The third kappa shape index (κ3) is 4.24. The molecule has 0 radical (unpaired) electrons. The second-order valence-electron chi connectivity index (χ2n) is 6.82. The number of halogens is 2. The second-order valence-corrected chi connectivity index (χ2v) is 7.67. The number of hydrogen-bond acceptors (Lipinski definition) is 5. The molecule has 0 spiro atoms. The Morgan fingerprint density at radius 2 is 1.96 bits per heavy atom. The summed E-state index contributed by atoms with van der Waals surface area (Å²) < 4.78 is 7.92. The van der Waals surface area contributed by atoms with Crippen LogP contribution in [0.4, 0.5) is 5.82 Å². The van der Waals surface area contributed by atoms with Gasteiger partial charge in [0.05, 0.1) is 12.2 Å². The van der Waals surface area contributed by atoms with Crippen LogP contribution in [-0.4, -0.2) is 27.9 Å². The van der Waals surface area contributed by atoms with E-state index in [1.807, 2.05) is 23.0 Å². The van der Waals surface area contributed by atoms with Crippen LogP contribution in [0.15, 0.2) is 42.9 Å². The molecule has 3 heterocycles. The number of nitrogens with zero attached hydrogens (tertiary/aromatic N) is 3. The predicted octanol–water partition coefficient (Wildman–Crippen LogP) is 4.34. The first-order chi connectivity index (χ1) is 13.6. The summed E-state index contributed by atoms with van der Waals surface area (Å²) in [6.07, 6.45) is 7.81. The molecule has 1 saturated heterocycles. The number of benzene rings is 1. The zero-order valence-corrected chi connectivity index (χ0v) is 16.7. The fourth-order valence-corrected chi connectivity index (χ4v) is 3.74. The van der Waals surface area contributed by atoms with Gasteiger partial charge in [-0.15, -0.1) is 0 Å². The van der Waals surface area contributed by atoms with E-state index in [2.05, 4.69) is 21.6 Å². The molecule has 146 valence electrons. The van der Waals surface area contributed by atoms with Gasteiger partial charge in [-0.1, -0.05) is 29.3 Å². The van der Waals surface area contributed by atoms with E-state index in [0.717, 1.165) is 42.6 Å². The fourth-order valence-electron chi connectivity index (χ4n) is 3.28. The molecule has 8 heteroatoms. The van der Waals surface area contributed by atoms with E-state index in [1.54, 1.807) is 18.3 Å². The summed E-state index contributed by atoms with van der Waals surface area (Å²) in [5, 5.41) is 9.05. The van der Waals surface area contributed by atoms with Gasteiger partial charge in [-0.2, -0.15) is 5.10 Å². The van der Waals surface area contributed by atoms with Crippen LogP contribution in [-0.2, 0) is 6.61 Å². The molecular formula is C20H21Cl2N5O. The van der Waals surface area contributed by atoms with Crippen molar-refractivity contribution in [3.05, 3.63) is 58.5 Å². The van der Waals surface area contributed by atoms with E-state index < -0.39 is 0 Å². The Kier molecular flexibility index (Phi) is 5.71. The number of piperidine rings is 1. The summed E-state index contributed by atoms with van der Waals surface area (Å²) in [7, 11) is 0. The van der Waals surface area contributed by atoms with Crippen molar-refractivity contribution in [3.63, 3.8) is 0 Å². The smallest absolute Gasteiger partial charge is 0.166 e. The van der Waals surface area contributed by atoms with Crippen LogP contribution in [0, 0.1) is 0 Å². The van der Waals surface area contributed by atoms with Gasteiger partial charge in [0.1, 0.15) is 6.61 Å². The lowest BCUT2D eigenvalue weighted by Gasteiger charge is -2.22. The highest BCUT2D eigenvalue weighted by Gasteiger charge is 2.16. The van der Waals surface area contributed by atoms with Gasteiger partial charge in [-0.25, -0.2) is 4.98 Å². The largest absolute Gasteiger partial charge is 0.485 e. The summed E-state index contributed by atoms with van der Waals surface area (Å²) in [5.74, 6) is 0.845. The van der Waals surface area contributed by atoms with Gasteiger partial charge < -0.3 is 15.8 Å². The third-order valence-corrected chi connectivity index (χ3v) is 5.48. The van der Waals surface area contributed by atoms with Crippen molar-refractivity contribution in [1.29, 1.82) is 0 Å². The average Bonchev–Trinajstić information content (AvgIpc) is 3.19. The minimum atomic E-state index is 0.277. The number of nitrogens with one attached hydrogen (secondary N) is 1. The molecule has 0 aliphatic carbocycles. The Labute approximate surface area is 173 Å². The number of hydrogen-bond donors (Lipinski definition) is 2. The highest BCUT2D eigenvalue weighted by atomic mass is 35.5. The highest BCUT2D eigenvalue weighted by Crippen LogP contribution is 2.30. The SMILES string of the molecule is Nc1ncc(-c2cnn(C3CCNCC3)c2)cc1OCc1ccc(Cl)cc1Cl. The zero-order valence-electron chi connectivity index (χ0n) is 15.2. The van der Waals surface area contributed by atoms with Crippen LogP contribution < -0.4 is 15.8 Å². The molecule has 0 saturated carbocycles. The van der Waals surface area contributed by atoms with Gasteiger partial charge in [0.2, 0.25) is 0 Å². The Bertz CT molecular complexity index is 969. The topological polar surface area (TPSA) is 78.0 Å². The van der Waals surface area contributed by atoms with Gasteiger partial charge in [0.15, 0.2) is 11.6 Å². The minimum absolute atomic E-state index is 0.277. The van der Waals surface area contributed by atoms with Crippen LogP contribution in [0.3, 0.4) is 0 Å². The number of nitrogen functional groups attached to an aromatic ring is 1. The van der Waals surface area contributed by atoms with E-state index in [9.17, 15) is 0 Å². The van der Waals surface area contributed by atoms with Gasteiger partial charge in [0.25, 0.3) is 0 Å². The van der Waals surface area contributed by atoms with Crippen molar-refractivity contribution in [3.8, 4) is 16.9 Å². The van der Waals surface area contributed by atoms with Gasteiger partial charge in [0, 0.05) is 39.1 Å². The van der Waals surface area contributed by atoms with E-state index in [1.165, 1.54) is 0 Å². The normalized spacial score (nSPS) is 14.9. The molecular weight excluding hydrogens is 397 g/mol. The number of anilines is 1. The molecule has 1 aromatic carbocycles. The lowest BCUT2D eigenvalue weighted by Crippen LogP contribution is -2.29. The summed E-state index contributed by atoms with van der Waals surface area (Å²) in [4.78, 5) is 4.28. The van der Waals surface area contributed by atoms with Crippen LogP contribution in [0.1, 0.15) is 24.4 Å². The molecule has 6 nitrogen and oxygen atoms in total. The Hall–Kier alpha value is -2.28. The summed E-state index contributed by atoms with van der Waals surface area (Å²) in [6.45, 7) is 2.32.